The van der Waals surface area contributed by atoms with Crippen molar-refractivity contribution in [2.45, 2.75) is 17.7 Å². The molecule has 1 fully saturated rings. The van der Waals surface area contributed by atoms with E-state index in [0.29, 0.717) is 41.1 Å². The van der Waals surface area contributed by atoms with Gasteiger partial charge in [-0.1, -0.05) is 6.07 Å². The van der Waals surface area contributed by atoms with Gasteiger partial charge in [-0.05, 0) is 37.1 Å². The van der Waals surface area contributed by atoms with Crippen molar-refractivity contribution >= 4 is 44.4 Å². The second-order valence-corrected chi connectivity index (χ2v) is 9.56. The lowest BCUT2D eigenvalue weighted by molar-refractivity contribution is -0.120. The number of hydrogen-bond donors (Lipinski definition) is 1. The van der Waals surface area contributed by atoms with Crippen molar-refractivity contribution in [2.24, 2.45) is 5.92 Å². The predicted molar refractivity (Wildman–Crippen MR) is 117 cm³/mol. The maximum atomic E-state index is 13.2. The SMILES string of the molecule is COc1ccc(OC)c(NC(=O)C2CCN(S(=O)(=O)c3cccc4nsnc34)CC2)c1. The number of ether oxygens (including phenoxy) is 2. The molecule has 31 heavy (non-hydrogen) atoms. The Labute approximate surface area is 184 Å². The Balaban J connectivity index is 1.45. The number of carbonyl (C=O) groups excluding carboxylic acids is 1. The van der Waals surface area contributed by atoms with E-state index in [4.69, 9.17) is 9.47 Å². The lowest BCUT2D eigenvalue weighted by Gasteiger charge is -2.30. The standard InChI is InChI=1S/C20H22N4O5S2/c1-28-14-6-7-17(29-2)16(12-14)21-20(25)13-8-10-24(11-9-13)31(26,27)18-5-3-4-15-19(18)23-30-22-15/h3-7,12-13H,8-11H2,1-2H3,(H,21,25). The summed E-state index contributed by atoms with van der Waals surface area (Å²) in [6.45, 7) is 0.507. The van der Waals surface area contributed by atoms with Crippen LogP contribution in [0.4, 0.5) is 5.69 Å². The van der Waals surface area contributed by atoms with E-state index in [0.717, 1.165) is 11.7 Å². The molecular weight excluding hydrogens is 440 g/mol. The molecule has 0 spiro atoms. The van der Waals surface area contributed by atoms with Gasteiger partial charge in [-0.15, -0.1) is 0 Å². The van der Waals surface area contributed by atoms with Crippen LogP contribution in [-0.4, -0.2) is 54.7 Å². The van der Waals surface area contributed by atoms with Crippen molar-refractivity contribution in [3.63, 3.8) is 0 Å². The summed E-state index contributed by atoms with van der Waals surface area (Å²) in [4.78, 5) is 13.0. The molecule has 1 aliphatic rings. The van der Waals surface area contributed by atoms with Crippen molar-refractivity contribution in [2.75, 3.05) is 32.6 Å². The van der Waals surface area contributed by atoms with E-state index in [1.165, 1.54) is 11.4 Å². The average Bonchev–Trinajstić information content (AvgIpc) is 3.28. The van der Waals surface area contributed by atoms with Gasteiger partial charge in [0.05, 0.1) is 31.6 Å². The highest BCUT2D eigenvalue weighted by Crippen LogP contribution is 2.31. The van der Waals surface area contributed by atoms with Crippen LogP contribution >= 0.6 is 11.7 Å². The molecule has 1 saturated heterocycles. The summed E-state index contributed by atoms with van der Waals surface area (Å²) in [6, 6.07) is 10.1. The fourth-order valence-electron chi connectivity index (χ4n) is 3.63. The molecule has 1 N–H and O–H groups in total. The number of benzene rings is 2. The fourth-order valence-corrected chi connectivity index (χ4v) is 5.86. The molecule has 11 heteroatoms. The number of aromatic nitrogens is 2. The maximum Gasteiger partial charge on any atom is 0.245 e. The molecular formula is C20H22N4O5S2. The Bertz CT molecular complexity index is 1200. The maximum absolute atomic E-state index is 13.2. The Morgan fingerprint density at radius 2 is 1.90 bits per heavy atom. The number of sulfonamides is 1. The number of fused-ring (bicyclic) bond motifs is 1. The topological polar surface area (TPSA) is 111 Å². The normalized spacial score (nSPS) is 15.7. The van der Waals surface area contributed by atoms with Gasteiger partial charge in [0.25, 0.3) is 0 Å². The molecule has 164 valence electrons. The Hall–Kier alpha value is -2.76. The minimum atomic E-state index is -3.72. The number of nitrogens with one attached hydrogen (secondary N) is 1. The molecule has 1 aliphatic heterocycles. The molecule has 2 heterocycles. The lowest BCUT2D eigenvalue weighted by atomic mass is 9.97. The third-order valence-electron chi connectivity index (χ3n) is 5.36. The molecule has 4 rings (SSSR count). The number of piperidine rings is 1. The highest BCUT2D eigenvalue weighted by molar-refractivity contribution is 7.89. The zero-order valence-corrected chi connectivity index (χ0v) is 18.7. The van der Waals surface area contributed by atoms with Crippen LogP contribution < -0.4 is 14.8 Å². The summed E-state index contributed by atoms with van der Waals surface area (Å²) >= 11 is 0.985. The van der Waals surface area contributed by atoms with Gasteiger partial charge < -0.3 is 14.8 Å². The van der Waals surface area contributed by atoms with Crippen molar-refractivity contribution in [3.05, 3.63) is 36.4 Å². The third kappa shape index (κ3) is 4.21. The van der Waals surface area contributed by atoms with E-state index >= 15 is 0 Å². The quantitative estimate of drug-likeness (QED) is 0.600. The third-order valence-corrected chi connectivity index (χ3v) is 7.83. The summed E-state index contributed by atoms with van der Waals surface area (Å²) in [7, 11) is -0.643. The number of anilines is 1. The van der Waals surface area contributed by atoms with E-state index < -0.39 is 10.0 Å². The molecule has 1 amide bonds. The van der Waals surface area contributed by atoms with Crippen LogP contribution in [0, 0.1) is 5.92 Å². The van der Waals surface area contributed by atoms with Crippen molar-refractivity contribution in [1.29, 1.82) is 0 Å². The first-order valence-corrected chi connectivity index (χ1v) is 11.9. The second-order valence-electron chi connectivity index (χ2n) is 7.12. The van der Waals surface area contributed by atoms with Crippen LogP contribution in [0.2, 0.25) is 0 Å². The van der Waals surface area contributed by atoms with E-state index in [2.05, 4.69) is 14.1 Å². The Morgan fingerprint density at radius 3 is 2.61 bits per heavy atom. The van der Waals surface area contributed by atoms with Gasteiger partial charge in [0.1, 0.15) is 27.4 Å². The zero-order valence-electron chi connectivity index (χ0n) is 17.1. The van der Waals surface area contributed by atoms with Gasteiger partial charge >= 0.3 is 0 Å². The molecule has 3 aromatic rings. The van der Waals surface area contributed by atoms with E-state index in [-0.39, 0.29) is 29.8 Å². The van der Waals surface area contributed by atoms with Crippen LogP contribution in [0.3, 0.4) is 0 Å². The largest absolute Gasteiger partial charge is 0.497 e. The smallest absolute Gasteiger partial charge is 0.245 e. The second kappa shape index (κ2) is 8.77. The molecule has 0 unspecified atom stereocenters. The zero-order chi connectivity index (χ0) is 22.0. The number of nitrogens with zero attached hydrogens (tertiary/aromatic N) is 3. The summed E-state index contributed by atoms with van der Waals surface area (Å²) in [6.07, 6.45) is 0.839. The number of amides is 1. The molecule has 1 aromatic heterocycles. The average molecular weight is 463 g/mol. The van der Waals surface area contributed by atoms with Crippen molar-refractivity contribution in [3.8, 4) is 11.5 Å². The van der Waals surface area contributed by atoms with Crippen LogP contribution in [0.25, 0.3) is 11.0 Å². The molecule has 0 bridgehead atoms. The minimum Gasteiger partial charge on any atom is -0.497 e. The monoisotopic (exact) mass is 462 g/mol. The van der Waals surface area contributed by atoms with Gasteiger partial charge in [0.2, 0.25) is 15.9 Å². The van der Waals surface area contributed by atoms with Gasteiger partial charge in [0.15, 0.2) is 0 Å². The lowest BCUT2D eigenvalue weighted by Crippen LogP contribution is -2.41. The Morgan fingerprint density at radius 1 is 1.13 bits per heavy atom. The number of carbonyl (C=O) groups is 1. The summed E-state index contributed by atoms with van der Waals surface area (Å²) < 4.78 is 46.5. The predicted octanol–water partition coefficient (Wildman–Crippen LogP) is 2.75. The summed E-state index contributed by atoms with van der Waals surface area (Å²) in [5, 5.41) is 2.88. The minimum absolute atomic E-state index is 0.155. The number of rotatable bonds is 6. The van der Waals surface area contributed by atoms with Crippen molar-refractivity contribution < 1.29 is 22.7 Å². The van der Waals surface area contributed by atoms with Gasteiger partial charge in [-0.2, -0.15) is 13.1 Å². The van der Waals surface area contributed by atoms with Gasteiger partial charge in [-0.25, -0.2) is 8.42 Å². The number of methoxy groups -OCH3 is 2. The van der Waals surface area contributed by atoms with Crippen LogP contribution in [0.15, 0.2) is 41.3 Å². The van der Waals surface area contributed by atoms with E-state index in [1.54, 1.807) is 43.5 Å². The molecule has 0 atom stereocenters. The summed E-state index contributed by atoms with van der Waals surface area (Å²) in [5.41, 5.74) is 1.47. The van der Waals surface area contributed by atoms with Gasteiger partial charge in [0, 0.05) is 25.1 Å². The first-order valence-electron chi connectivity index (χ1n) is 9.68. The highest BCUT2D eigenvalue weighted by Gasteiger charge is 2.33. The molecule has 0 radical (unpaired) electrons. The Kier molecular flexibility index (Phi) is 6.08. The summed E-state index contributed by atoms with van der Waals surface area (Å²) in [5.74, 6) is 0.648. The first-order chi connectivity index (χ1) is 14.9. The van der Waals surface area contributed by atoms with Crippen LogP contribution in [0.1, 0.15) is 12.8 Å². The molecule has 2 aromatic carbocycles. The fraction of sp³-hybridized carbons (Fsp3) is 0.350. The molecule has 0 aliphatic carbocycles. The van der Waals surface area contributed by atoms with Gasteiger partial charge in [-0.3, -0.25) is 4.79 Å². The highest BCUT2D eigenvalue weighted by atomic mass is 32.2. The van der Waals surface area contributed by atoms with Crippen molar-refractivity contribution in [1.82, 2.24) is 13.1 Å². The molecule has 9 nitrogen and oxygen atoms in total. The van der Waals surface area contributed by atoms with E-state index in [9.17, 15) is 13.2 Å². The van der Waals surface area contributed by atoms with E-state index in [1.807, 2.05) is 0 Å². The van der Waals surface area contributed by atoms with Crippen LogP contribution in [-0.2, 0) is 14.8 Å². The molecule has 0 saturated carbocycles. The van der Waals surface area contributed by atoms with Crippen LogP contribution in [0.5, 0.6) is 11.5 Å². The first kappa shape index (κ1) is 21.5. The number of hydrogen-bond acceptors (Lipinski definition) is 8.